The number of rotatable bonds is 5. The van der Waals surface area contributed by atoms with E-state index >= 15 is 0 Å². The Bertz CT molecular complexity index is 622. The summed E-state index contributed by atoms with van der Waals surface area (Å²) in [5.41, 5.74) is 6.60. The number of nitrogens with one attached hydrogen (secondary N) is 1. The standard InChI is InChI=1S/C14H19N3O2S/c1-17(2)7-6-16-14(18)13-12(15)10-5-4-9(19-3)8-11(10)20-13/h4-5,8H,6-7,15H2,1-3H3,(H,16,18). The van der Waals surface area contributed by atoms with Gasteiger partial charge < -0.3 is 20.7 Å². The Morgan fingerprint density at radius 2 is 2.20 bits per heavy atom. The molecule has 1 aromatic heterocycles. The maximum Gasteiger partial charge on any atom is 0.263 e. The van der Waals surface area contributed by atoms with Crippen LogP contribution in [0.25, 0.3) is 10.1 Å². The van der Waals surface area contributed by atoms with E-state index in [0.717, 1.165) is 22.4 Å². The lowest BCUT2D eigenvalue weighted by molar-refractivity contribution is 0.0956. The number of ether oxygens (including phenoxy) is 1. The molecule has 0 aliphatic heterocycles. The van der Waals surface area contributed by atoms with E-state index in [1.807, 2.05) is 37.2 Å². The van der Waals surface area contributed by atoms with E-state index in [-0.39, 0.29) is 5.91 Å². The normalized spacial score (nSPS) is 11.0. The number of carbonyl (C=O) groups excluding carboxylic acids is 1. The average Bonchev–Trinajstić information content (AvgIpc) is 2.75. The van der Waals surface area contributed by atoms with Gasteiger partial charge in [-0.05, 0) is 32.3 Å². The molecule has 5 nitrogen and oxygen atoms in total. The van der Waals surface area contributed by atoms with Crippen molar-refractivity contribution in [3.63, 3.8) is 0 Å². The molecule has 0 saturated heterocycles. The Labute approximate surface area is 122 Å². The number of hydrogen-bond donors (Lipinski definition) is 2. The first-order chi connectivity index (χ1) is 9.52. The Balaban J connectivity index is 2.21. The number of likely N-dealkylation sites (N-methyl/N-ethyl adjacent to an activating group) is 1. The quantitative estimate of drug-likeness (QED) is 0.882. The fourth-order valence-electron chi connectivity index (χ4n) is 1.87. The summed E-state index contributed by atoms with van der Waals surface area (Å²) in [6, 6.07) is 5.63. The molecule has 0 bridgehead atoms. The molecule has 108 valence electrons. The summed E-state index contributed by atoms with van der Waals surface area (Å²) in [7, 11) is 5.55. The lowest BCUT2D eigenvalue weighted by atomic mass is 10.2. The van der Waals surface area contributed by atoms with E-state index in [1.54, 1.807) is 7.11 Å². The minimum atomic E-state index is -0.121. The van der Waals surface area contributed by atoms with Crippen LogP contribution in [-0.2, 0) is 0 Å². The summed E-state index contributed by atoms with van der Waals surface area (Å²) in [6.45, 7) is 1.40. The van der Waals surface area contributed by atoms with Gasteiger partial charge in [-0.1, -0.05) is 0 Å². The van der Waals surface area contributed by atoms with Gasteiger partial charge in [0.2, 0.25) is 0 Å². The summed E-state index contributed by atoms with van der Waals surface area (Å²) >= 11 is 1.39. The van der Waals surface area contributed by atoms with Gasteiger partial charge in [0.15, 0.2) is 0 Å². The lowest BCUT2D eigenvalue weighted by Gasteiger charge is -2.09. The zero-order chi connectivity index (χ0) is 14.7. The summed E-state index contributed by atoms with van der Waals surface area (Å²) in [6.07, 6.45) is 0. The van der Waals surface area contributed by atoms with Gasteiger partial charge in [-0.15, -0.1) is 11.3 Å². The minimum Gasteiger partial charge on any atom is -0.497 e. The molecule has 2 aromatic rings. The van der Waals surface area contributed by atoms with Crippen molar-refractivity contribution in [2.24, 2.45) is 0 Å². The average molecular weight is 293 g/mol. The first-order valence-electron chi connectivity index (χ1n) is 6.32. The van der Waals surface area contributed by atoms with Crippen molar-refractivity contribution in [3.8, 4) is 5.75 Å². The summed E-state index contributed by atoms with van der Waals surface area (Å²) in [5.74, 6) is 0.642. The first kappa shape index (κ1) is 14.6. The summed E-state index contributed by atoms with van der Waals surface area (Å²) < 4.78 is 6.14. The third-order valence-electron chi connectivity index (χ3n) is 2.99. The van der Waals surface area contributed by atoms with Crippen LogP contribution in [-0.4, -0.2) is 45.1 Å². The molecule has 0 spiro atoms. The highest BCUT2D eigenvalue weighted by atomic mass is 32.1. The lowest BCUT2D eigenvalue weighted by Crippen LogP contribution is -2.31. The minimum absolute atomic E-state index is 0.121. The van der Waals surface area contributed by atoms with Gasteiger partial charge in [0, 0.05) is 23.2 Å². The third-order valence-corrected chi connectivity index (χ3v) is 4.15. The molecule has 0 unspecified atom stereocenters. The molecular formula is C14H19N3O2S. The molecule has 1 aromatic carbocycles. The predicted octanol–water partition coefficient (Wildman–Crippen LogP) is 1.78. The van der Waals surface area contributed by atoms with E-state index < -0.39 is 0 Å². The van der Waals surface area contributed by atoms with Crippen LogP contribution >= 0.6 is 11.3 Å². The highest BCUT2D eigenvalue weighted by Crippen LogP contribution is 2.35. The molecule has 3 N–H and O–H groups in total. The number of fused-ring (bicyclic) bond motifs is 1. The van der Waals surface area contributed by atoms with Gasteiger partial charge in [-0.2, -0.15) is 0 Å². The fourth-order valence-corrected chi connectivity index (χ4v) is 2.93. The zero-order valence-electron chi connectivity index (χ0n) is 11.9. The number of nitrogens with zero attached hydrogens (tertiary/aromatic N) is 1. The van der Waals surface area contributed by atoms with Gasteiger partial charge in [0.25, 0.3) is 5.91 Å². The van der Waals surface area contributed by atoms with E-state index in [0.29, 0.717) is 17.1 Å². The Morgan fingerprint density at radius 1 is 1.45 bits per heavy atom. The van der Waals surface area contributed by atoms with Crippen LogP contribution in [0.1, 0.15) is 9.67 Å². The number of carbonyl (C=O) groups is 1. The first-order valence-corrected chi connectivity index (χ1v) is 7.13. The second-order valence-electron chi connectivity index (χ2n) is 4.77. The van der Waals surface area contributed by atoms with Gasteiger partial charge in [0.1, 0.15) is 10.6 Å². The Hall–Kier alpha value is -1.79. The predicted molar refractivity (Wildman–Crippen MR) is 83.7 cm³/mol. The van der Waals surface area contributed by atoms with Gasteiger partial charge in [0.05, 0.1) is 12.8 Å². The molecule has 0 atom stereocenters. The molecule has 20 heavy (non-hydrogen) atoms. The maximum atomic E-state index is 12.1. The van der Waals surface area contributed by atoms with E-state index in [1.165, 1.54) is 11.3 Å². The van der Waals surface area contributed by atoms with Crippen LogP contribution in [0.5, 0.6) is 5.75 Å². The second-order valence-corrected chi connectivity index (χ2v) is 5.82. The van der Waals surface area contributed by atoms with Crippen molar-refractivity contribution in [1.82, 2.24) is 10.2 Å². The molecular weight excluding hydrogens is 274 g/mol. The molecule has 0 aliphatic carbocycles. The molecule has 1 heterocycles. The highest BCUT2D eigenvalue weighted by molar-refractivity contribution is 7.21. The van der Waals surface area contributed by atoms with Gasteiger partial charge in [-0.3, -0.25) is 4.79 Å². The molecule has 0 saturated carbocycles. The second kappa shape index (κ2) is 6.11. The van der Waals surface area contributed by atoms with E-state index in [4.69, 9.17) is 10.5 Å². The van der Waals surface area contributed by atoms with Crippen LogP contribution in [0, 0.1) is 0 Å². The summed E-state index contributed by atoms with van der Waals surface area (Å²) in [5, 5.41) is 3.78. The summed E-state index contributed by atoms with van der Waals surface area (Å²) in [4.78, 5) is 14.7. The maximum absolute atomic E-state index is 12.1. The fraction of sp³-hybridized carbons (Fsp3) is 0.357. The molecule has 1 amide bonds. The van der Waals surface area contributed by atoms with Crippen LogP contribution < -0.4 is 15.8 Å². The van der Waals surface area contributed by atoms with E-state index in [9.17, 15) is 4.79 Å². The van der Waals surface area contributed by atoms with Crippen LogP contribution in [0.3, 0.4) is 0 Å². The van der Waals surface area contributed by atoms with Crippen molar-refractivity contribution in [2.75, 3.05) is 40.0 Å². The van der Waals surface area contributed by atoms with Crippen LogP contribution in [0.4, 0.5) is 5.69 Å². The number of amides is 1. The third kappa shape index (κ3) is 3.02. The van der Waals surface area contributed by atoms with Crippen molar-refractivity contribution < 1.29 is 9.53 Å². The number of thiophene rings is 1. The number of nitrogen functional groups attached to an aromatic ring is 1. The van der Waals surface area contributed by atoms with Crippen molar-refractivity contribution in [1.29, 1.82) is 0 Å². The SMILES string of the molecule is COc1ccc2c(N)c(C(=O)NCCN(C)C)sc2c1. The number of benzene rings is 1. The Kier molecular flexibility index (Phi) is 4.46. The monoisotopic (exact) mass is 293 g/mol. The van der Waals surface area contributed by atoms with Gasteiger partial charge in [-0.25, -0.2) is 0 Å². The van der Waals surface area contributed by atoms with E-state index in [2.05, 4.69) is 5.32 Å². The molecule has 2 rings (SSSR count). The van der Waals surface area contributed by atoms with Crippen molar-refractivity contribution >= 4 is 33.0 Å². The molecule has 0 radical (unpaired) electrons. The zero-order valence-corrected chi connectivity index (χ0v) is 12.7. The number of hydrogen-bond acceptors (Lipinski definition) is 5. The van der Waals surface area contributed by atoms with Gasteiger partial charge >= 0.3 is 0 Å². The Morgan fingerprint density at radius 3 is 2.85 bits per heavy atom. The smallest absolute Gasteiger partial charge is 0.263 e. The van der Waals surface area contributed by atoms with Crippen LogP contribution in [0.15, 0.2) is 18.2 Å². The van der Waals surface area contributed by atoms with Crippen molar-refractivity contribution in [3.05, 3.63) is 23.1 Å². The largest absolute Gasteiger partial charge is 0.497 e. The van der Waals surface area contributed by atoms with Crippen LogP contribution in [0.2, 0.25) is 0 Å². The number of nitrogens with two attached hydrogens (primary N) is 1. The highest BCUT2D eigenvalue weighted by Gasteiger charge is 2.16. The number of methoxy groups -OCH3 is 1. The molecule has 0 fully saturated rings. The number of anilines is 1. The molecule has 0 aliphatic rings. The van der Waals surface area contributed by atoms with Crippen molar-refractivity contribution in [2.45, 2.75) is 0 Å². The topological polar surface area (TPSA) is 67.6 Å². The molecule has 6 heteroatoms.